The van der Waals surface area contributed by atoms with Crippen LogP contribution in [0, 0.1) is 5.92 Å². The van der Waals surface area contributed by atoms with Crippen LogP contribution in [-0.4, -0.2) is 41.2 Å². The Bertz CT molecular complexity index is 1080. The Morgan fingerprint density at radius 2 is 1.59 bits per heavy atom. The monoisotopic (exact) mass is 447 g/mol. The molecule has 2 aromatic carbocycles. The van der Waals surface area contributed by atoms with E-state index in [2.05, 4.69) is 5.32 Å². The molecule has 2 N–H and O–H groups in total. The third-order valence-corrected chi connectivity index (χ3v) is 4.70. The zero-order valence-electron chi connectivity index (χ0n) is 17.2. The molecule has 0 aliphatic carbocycles. The number of nitrogens with zero attached hydrogens (tertiary/aromatic N) is 1. The molecule has 0 unspecified atom stereocenters. The Morgan fingerprint density at radius 1 is 0.969 bits per heavy atom. The number of benzene rings is 2. The molecule has 1 aliphatic rings. The molecule has 2 aromatic rings. The van der Waals surface area contributed by atoms with Gasteiger partial charge in [-0.1, -0.05) is 26.0 Å². The fraction of sp³-hybridized carbons (Fsp3) is 0.273. The van der Waals surface area contributed by atoms with Gasteiger partial charge in [-0.3, -0.25) is 24.1 Å². The molecule has 32 heavy (non-hydrogen) atoms. The summed E-state index contributed by atoms with van der Waals surface area (Å²) in [5, 5.41) is 4.38. The van der Waals surface area contributed by atoms with Gasteiger partial charge in [0.2, 0.25) is 0 Å². The van der Waals surface area contributed by atoms with Gasteiger partial charge < -0.3 is 10.6 Å². The Balaban J connectivity index is 1.63. The molecule has 0 fully saturated rings. The second-order valence-electron chi connectivity index (χ2n) is 7.71. The van der Waals surface area contributed by atoms with Crippen molar-refractivity contribution in [2.45, 2.75) is 26.6 Å². The number of anilines is 1. The van der Waals surface area contributed by atoms with Crippen molar-refractivity contribution in [3.8, 4) is 0 Å². The van der Waals surface area contributed by atoms with Crippen LogP contribution in [0.3, 0.4) is 0 Å². The third-order valence-electron chi connectivity index (χ3n) is 4.70. The van der Waals surface area contributed by atoms with Gasteiger partial charge in [0, 0.05) is 24.3 Å². The molecule has 0 bridgehead atoms. The number of halogens is 3. The lowest BCUT2D eigenvalue weighted by atomic mass is 10.1. The first-order valence-electron chi connectivity index (χ1n) is 9.73. The van der Waals surface area contributed by atoms with Gasteiger partial charge in [-0.2, -0.15) is 13.2 Å². The minimum absolute atomic E-state index is 0.0323. The highest BCUT2D eigenvalue weighted by molar-refractivity contribution is 6.22. The van der Waals surface area contributed by atoms with E-state index < -0.39 is 23.9 Å². The highest BCUT2D eigenvalue weighted by Crippen LogP contribution is 2.25. The molecule has 0 radical (unpaired) electrons. The van der Waals surface area contributed by atoms with Crippen molar-refractivity contribution in [3.05, 3.63) is 64.7 Å². The maximum absolute atomic E-state index is 12.5. The number of imide groups is 1. The van der Waals surface area contributed by atoms with Gasteiger partial charge in [0.25, 0.3) is 17.7 Å². The molecular weight excluding hydrogens is 427 g/mol. The topological polar surface area (TPSA) is 95.6 Å². The number of carbonyl (C=O) groups is 4. The molecule has 3 rings (SSSR count). The van der Waals surface area contributed by atoms with Crippen LogP contribution in [0.25, 0.3) is 0 Å². The van der Waals surface area contributed by atoms with Gasteiger partial charge in [0.05, 0.1) is 11.1 Å². The largest absolute Gasteiger partial charge is 0.471 e. The number of fused-ring (bicyclic) bond motifs is 1. The Hall–Kier alpha value is -3.69. The second kappa shape index (κ2) is 8.81. The summed E-state index contributed by atoms with van der Waals surface area (Å²) in [6.07, 6.45) is -4.99. The Morgan fingerprint density at radius 3 is 2.19 bits per heavy atom. The summed E-state index contributed by atoms with van der Waals surface area (Å²) >= 11 is 0. The molecule has 1 aliphatic heterocycles. The summed E-state index contributed by atoms with van der Waals surface area (Å²) in [7, 11) is 0. The lowest BCUT2D eigenvalue weighted by molar-refractivity contribution is -0.167. The van der Waals surface area contributed by atoms with E-state index in [9.17, 15) is 32.3 Å². The molecule has 7 nitrogen and oxygen atoms in total. The second-order valence-corrected chi connectivity index (χ2v) is 7.71. The highest BCUT2D eigenvalue weighted by Gasteiger charge is 2.38. The third kappa shape index (κ3) is 4.96. The van der Waals surface area contributed by atoms with E-state index in [1.165, 1.54) is 42.5 Å². The first-order chi connectivity index (χ1) is 15.0. The first-order valence-corrected chi connectivity index (χ1v) is 9.73. The zero-order valence-corrected chi connectivity index (χ0v) is 17.2. The van der Waals surface area contributed by atoms with E-state index in [0.717, 1.165) is 4.90 Å². The first kappa shape index (κ1) is 23.0. The van der Waals surface area contributed by atoms with Crippen LogP contribution in [0.4, 0.5) is 18.9 Å². The van der Waals surface area contributed by atoms with E-state index in [-0.39, 0.29) is 47.3 Å². The van der Waals surface area contributed by atoms with Crippen LogP contribution in [0.2, 0.25) is 0 Å². The summed E-state index contributed by atoms with van der Waals surface area (Å²) in [6.45, 7) is 4.13. The number of amides is 4. The lowest BCUT2D eigenvalue weighted by Crippen LogP contribution is -2.33. The van der Waals surface area contributed by atoms with Crippen molar-refractivity contribution in [2.24, 2.45) is 5.92 Å². The number of carbonyl (C=O) groups excluding carboxylic acids is 4. The van der Waals surface area contributed by atoms with Crippen LogP contribution >= 0.6 is 0 Å². The highest BCUT2D eigenvalue weighted by atomic mass is 19.4. The average molecular weight is 447 g/mol. The van der Waals surface area contributed by atoms with Gasteiger partial charge in [-0.25, -0.2) is 0 Å². The smallest absolute Gasteiger partial charge is 0.348 e. The van der Waals surface area contributed by atoms with Crippen molar-refractivity contribution in [1.29, 1.82) is 0 Å². The number of rotatable bonds is 6. The Labute approximate surface area is 181 Å². The van der Waals surface area contributed by atoms with Crippen LogP contribution in [0.1, 0.15) is 50.5 Å². The van der Waals surface area contributed by atoms with Crippen molar-refractivity contribution < 1.29 is 32.3 Å². The minimum Gasteiger partial charge on any atom is -0.348 e. The molecule has 0 spiro atoms. The predicted octanol–water partition coefficient (Wildman–Crippen LogP) is 3.37. The quantitative estimate of drug-likeness (QED) is 0.664. The van der Waals surface area contributed by atoms with Crippen molar-refractivity contribution in [1.82, 2.24) is 10.2 Å². The summed E-state index contributed by atoms with van der Waals surface area (Å²) in [6, 6.07) is 9.77. The maximum Gasteiger partial charge on any atom is 0.471 e. The standard InChI is InChI=1S/C22H20F3N3O4/c1-12(2)11-28-19(30)16-8-5-14(9-17(16)20(28)31)18(29)26-10-13-3-6-15(7-4-13)27-21(32)22(23,24)25/h3-9,12H,10-11H2,1-2H3,(H,26,29)(H,27,32). The van der Waals surface area contributed by atoms with E-state index in [4.69, 9.17) is 0 Å². The number of hydrogen-bond acceptors (Lipinski definition) is 4. The predicted molar refractivity (Wildman–Crippen MR) is 109 cm³/mol. The van der Waals surface area contributed by atoms with Gasteiger partial charge in [0.1, 0.15) is 0 Å². The molecule has 0 atom stereocenters. The molecule has 10 heteroatoms. The summed E-state index contributed by atoms with van der Waals surface area (Å²) < 4.78 is 36.9. The summed E-state index contributed by atoms with van der Waals surface area (Å²) in [5.41, 5.74) is 1.18. The number of alkyl halides is 3. The lowest BCUT2D eigenvalue weighted by Gasteiger charge is -2.15. The van der Waals surface area contributed by atoms with Crippen LogP contribution in [-0.2, 0) is 11.3 Å². The Kier molecular flexibility index (Phi) is 6.33. The average Bonchev–Trinajstić information content (AvgIpc) is 2.96. The molecule has 168 valence electrons. The van der Waals surface area contributed by atoms with E-state index >= 15 is 0 Å². The van der Waals surface area contributed by atoms with Crippen molar-refractivity contribution in [2.75, 3.05) is 11.9 Å². The molecule has 4 amide bonds. The fourth-order valence-electron chi connectivity index (χ4n) is 3.16. The van der Waals surface area contributed by atoms with E-state index in [1.54, 1.807) is 5.32 Å². The number of hydrogen-bond donors (Lipinski definition) is 2. The summed E-state index contributed by atoms with van der Waals surface area (Å²) in [5.74, 6) is -3.28. The van der Waals surface area contributed by atoms with Gasteiger partial charge in [-0.15, -0.1) is 0 Å². The minimum atomic E-state index is -4.99. The molecule has 1 heterocycles. The normalized spacial score (nSPS) is 13.4. The van der Waals surface area contributed by atoms with Crippen LogP contribution < -0.4 is 10.6 Å². The van der Waals surface area contributed by atoms with Crippen LogP contribution in [0.15, 0.2) is 42.5 Å². The molecule has 0 aromatic heterocycles. The SMILES string of the molecule is CC(C)CN1C(=O)c2ccc(C(=O)NCc3ccc(NC(=O)C(F)(F)F)cc3)cc2C1=O. The molecular formula is C22H20F3N3O4. The van der Waals surface area contributed by atoms with Crippen molar-refractivity contribution in [3.63, 3.8) is 0 Å². The fourth-order valence-corrected chi connectivity index (χ4v) is 3.16. The summed E-state index contributed by atoms with van der Waals surface area (Å²) in [4.78, 5) is 49.5. The zero-order chi connectivity index (χ0) is 23.6. The van der Waals surface area contributed by atoms with E-state index in [1.807, 2.05) is 13.8 Å². The number of nitrogens with one attached hydrogen (secondary N) is 2. The molecule has 0 saturated heterocycles. The molecule has 0 saturated carbocycles. The van der Waals surface area contributed by atoms with E-state index in [0.29, 0.717) is 5.56 Å². The van der Waals surface area contributed by atoms with Gasteiger partial charge in [0.15, 0.2) is 0 Å². The van der Waals surface area contributed by atoms with Crippen LogP contribution in [0.5, 0.6) is 0 Å². The van der Waals surface area contributed by atoms with Crippen molar-refractivity contribution >= 4 is 29.3 Å². The van der Waals surface area contributed by atoms with Gasteiger partial charge in [-0.05, 0) is 41.8 Å². The maximum atomic E-state index is 12.5. The van der Waals surface area contributed by atoms with Gasteiger partial charge >= 0.3 is 12.1 Å².